The van der Waals surface area contributed by atoms with Crippen LogP contribution in [0.3, 0.4) is 0 Å². The van der Waals surface area contributed by atoms with Crippen molar-refractivity contribution in [3.05, 3.63) is 10.6 Å². The number of aryl methyl sites for hydroxylation is 1. The van der Waals surface area contributed by atoms with E-state index in [0.717, 1.165) is 35.7 Å². The van der Waals surface area contributed by atoms with Crippen molar-refractivity contribution in [1.29, 1.82) is 0 Å². The average molecular weight is 388 g/mol. The molecule has 146 valence electrons. The van der Waals surface area contributed by atoms with E-state index in [0.29, 0.717) is 6.54 Å². The fourth-order valence-corrected chi connectivity index (χ4v) is 7.88. The highest BCUT2D eigenvalue weighted by atomic mass is 32.1. The highest BCUT2D eigenvalue weighted by Gasteiger charge is 2.53. The van der Waals surface area contributed by atoms with Crippen LogP contribution in [-0.2, 0) is 15.0 Å². The van der Waals surface area contributed by atoms with Crippen molar-refractivity contribution in [1.82, 2.24) is 9.88 Å². The van der Waals surface area contributed by atoms with Crippen molar-refractivity contribution in [3.8, 4) is 0 Å². The topological polar surface area (TPSA) is 62.3 Å². The SMILES string of the molecule is CC(=O)N1CCCC1C(=O)Nc1nc(C23CC4CC(CC(C4)C2)C3)c(C)s1. The minimum atomic E-state index is -0.338. The molecule has 1 N–H and O–H groups in total. The highest BCUT2D eigenvalue weighted by molar-refractivity contribution is 7.15. The Bertz CT molecular complexity index is 751. The number of aromatic nitrogens is 1. The van der Waals surface area contributed by atoms with Gasteiger partial charge in [0.1, 0.15) is 6.04 Å². The first kappa shape index (κ1) is 17.7. The third-order valence-electron chi connectivity index (χ3n) is 7.53. The molecule has 6 heteroatoms. The predicted octanol–water partition coefficient (Wildman–Crippen LogP) is 3.87. The standard InChI is InChI=1S/C21H29N3O2S/c1-12-18(21-9-14-6-15(10-21)8-16(7-14)11-21)22-20(27-12)23-19(26)17-4-3-5-24(17)13(2)25/h14-17H,3-11H2,1-2H3,(H,22,23,26). The molecule has 0 aromatic carbocycles. The van der Waals surface area contributed by atoms with Crippen molar-refractivity contribution in [3.63, 3.8) is 0 Å². The smallest absolute Gasteiger partial charge is 0.248 e. The zero-order valence-corrected chi connectivity index (χ0v) is 17.1. The fraction of sp³-hybridized carbons (Fsp3) is 0.762. The molecule has 1 aliphatic heterocycles. The second kappa shape index (κ2) is 6.29. The van der Waals surface area contributed by atoms with Gasteiger partial charge in [-0.25, -0.2) is 4.98 Å². The predicted molar refractivity (Wildman–Crippen MR) is 106 cm³/mol. The lowest BCUT2D eigenvalue weighted by Crippen LogP contribution is -2.49. The number of hydrogen-bond acceptors (Lipinski definition) is 4. The van der Waals surface area contributed by atoms with Crippen LogP contribution in [0, 0.1) is 24.7 Å². The lowest BCUT2D eigenvalue weighted by Gasteiger charge is -2.56. The molecule has 1 atom stereocenters. The first-order chi connectivity index (χ1) is 12.9. The van der Waals surface area contributed by atoms with E-state index in [1.165, 1.54) is 49.1 Å². The van der Waals surface area contributed by atoms with Gasteiger partial charge in [-0.05, 0) is 76.0 Å². The molecule has 1 aromatic heterocycles. The lowest BCUT2D eigenvalue weighted by molar-refractivity contribution is -0.134. The second-order valence-electron chi connectivity index (χ2n) is 9.48. The largest absolute Gasteiger partial charge is 0.331 e. The third-order valence-corrected chi connectivity index (χ3v) is 8.41. The van der Waals surface area contributed by atoms with Gasteiger partial charge in [-0.1, -0.05) is 0 Å². The van der Waals surface area contributed by atoms with Crippen LogP contribution >= 0.6 is 11.3 Å². The molecule has 5 nitrogen and oxygen atoms in total. The quantitative estimate of drug-likeness (QED) is 0.856. The molecule has 4 aliphatic carbocycles. The van der Waals surface area contributed by atoms with Crippen LogP contribution in [0.15, 0.2) is 0 Å². The minimum Gasteiger partial charge on any atom is -0.331 e. The van der Waals surface area contributed by atoms with Gasteiger partial charge in [0.25, 0.3) is 0 Å². The van der Waals surface area contributed by atoms with E-state index in [-0.39, 0.29) is 23.3 Å². The summed E-state index contributed by atoms with van der Waals surface area (Å²) < 4.78 is 0. The number of amides is 2. The monoisotopic (exact) mass is 387 g/mol. The molecule has 1 unspecified atom stereocenters. The maximum Gasteiger partial charge on any atom is 0.248 e. The number of carbonyl (C=O) groups is 2. The van der Waals surface area contributed by atoms with E-state index in [2.05, 4.69) is 12.2 Å². The molecule has 1 aromatic rings. The van der Waals surface area contributed by atoms with Crippen LogP contribution < -0.4 is 5.32 Å². The Labute approximate surface area is 164 Å². The molecule has 1 saturated heterocycles. The summed E-state index contributed by atoms with van der Waals surface area (Å²) in [5, 5.41) is 3.76. The van der Waals surface area contributed by atoms with Gasteiger partial charge >= 0.3 is 0 Å². The van der Waals surface area contributed by atoms with Gasteiger partial charge in [0, 0.05) is 23.8 Å². The van der Waals surface area contributed by atoms with E-state index < -0.39 is 0 Å². The van der Waals surface area contributed by atoms with Crippen LogP contribution in [0.4, 0.5) is 5.13 Å². The minimum absolute atomic E-state index is 0.0165. The van der Waals surface area contributed by atoms with Gasteiger partial charge in [0.05, 0.1) is 5.69 Å². The molecule has 5 fully saturated rings. The molecular weight excluding hydrogens is 358 g/mol. The molecule has 0 radical (unpaired) electrons. The van der Waals surface area contributed by atoms with Gasteiger partial charge < -0.3 is 10.2 Å². The van der Waals surface area contributed by atoms with Crippen molar-refractivity contribution >= 4 is 28.3 Å². The Balaban J connectivity index is 1.36. The Morgan fingerprint density at radius 1 is 1.15 bits per heavy atom. The van der Waals surface area contributed by atoms with Crippen LogP contribution in [0.5, 0.6) is 0 Å². The molecule has 27 heavy (non-hydrogen) atoms. The first-order valence-corrected chi connectivity index (χ1v) is 11.3. The van der Waals surface area contributed by atoms with Crippen LogP contribution in [0.25, 0.3) is 0 Å². The van der Waals surface area contributed by atoms with Crippen LogP contribution in [0.1, 0.15) is 68.9 Å². The second-order valence-corrected chi connectivity index (χ2v) is 10.7. The normalized spacial score (nSPS) is 37.0. The van der Waals surface area contributed by atoms with Crippen molar-refractivity contribution in [2.45, 2.75) is 76.7 Å². The fourth-order valence-electron chi connectivity index (χ4n) is 6.95. The summed E-state index contributed by atoms with van der Waals surface area (Å²) in [6, 6.07) is -0.338. The summed E-state index contributed by atoms with van der Waals surface area (Å²) in [4.78, 5) is 32.4. The summed E-state index contributed by atoms with van der Waals surface area (Å²) in [5.41, 5.74) is 1.52. The molecule has 6 rings (SSSR count). The molecule has 2 amide bonds. The number of likely N-dealkylation sites (tertiary alicyclic amines) is 1. The van der Waals surface area contributed by atoms with Crippen LogP contribution in [0.2, 0.25) is 0 Å². The summed E-state index contributed by atoms with van der Waals surface area (Å²) in [5.74, 6) is 2.57. The Morgan fingerprint density at radius 2 is 1.78 bits per heavy atom. The summed E-state index contributed by atoms with van der Waals surface area (Å²) in [7, 11) is 0. The summed E-state index contributed by atoms with van der Waals surface area (Å²) >= 11 is 1.61. The van der Waals surface area contributed by atoms with Gasteiger partial charge in [-0.3, -0.25) is 9.59 Å². The van der Waals surface area contributed by atoms with Gasteiger partial charge in [-0.2, -0.15) is 0 Å². The number of nitrogens with zero attached hydrogens (tertiary/aromatic N) is 2. The maximum absolute atomic E-state index is 12.8. The van der Waals surface area contributed by atoms with Gasteiger partial charge in [-0.15, -0.1) is 11.3 Å². The van der Waals surface area contributed by atoms with E-state index in [4.69, 9.17) is 4.98 Å². The van der Waals surface area contributed by atoms with E-state index in [9.17, 15) is 9.59 Å². The first-order valence-electron chi connectivity index (χ1n) is 10.5. The third kappa shape index (κ3) is 2.91. The maximum atomic E-state index is 12.8. The molecule has 5 aliphatic rings. The molecule has 4 saturated carbocycles. The van der Waals surface area contributed by atoms with Gasteiger partial charge in [0.15, 0.2) is 5.13 Å². The number of anilines is 1. The Hall–Kier alpha value is -1.43. The number of nitrogens with one attached hydrogen (secondary N) is 1. The Morgan fingerprint density at radius 3 is 2.37 bits per heavy atom. The molecular formula is C21H29N3O2S. The zero-order chi connectivity index (χ0) is 18.8. The molecule has 4 bridgehead atoms. The lowest BCUT2D eigenvalue weighted by atomic mass is 9.48. The number of hydrogen-bond donors (Lipinski definition) is 1. The van der Waals surface area contributed by atoms with E-state index in [1.54, 1.807) is 23.2 Å². The summed E-state index contributed by atoms with van der Waals surface area (Å²) in [6.07, 6.45) is 9.79. The molecule has 0 spiro atoms. The Kier molecular flexibility index (Phi) is 4.12. The van der Waals surface area contributed by atoms with E-state index >= 15 is 0 Å². The number of rotatable bonds is 3. The highest BCUT2D eigenvalue weighted by Crippen LogP contribution is 2.61. The number of thiazole rings is 1. The summed E-state index contributed by atoms with van der Waals surface area (Å²) in [6.45, 7) is 4.39. The van der Waals surface area contributed by atoms with Gasteiger partial charge in [0.2, 0.25) is 11.8 Å². The number of carbonyl (C=O) groups excluding carboxylic acids is 2. The van der Waals surface area contributed by atoms with Crippen LogP contribution in [-0.4, -0.2) is 34.3 Å². The molecule has 2 heterocycles. The van der Waals surface area contributed by atoms with Crippen molar-refractivity contribution in [2.24, 2.45) is 17.8 Å². The van der Waals surface area contributed by atoms with Crippen molar-refractivity contribution < 1.29 is 9.59 Å². The van der Waals surface area contributed by atoms with Crippen molar-refractivity contribution in [2.75, 3.05) is 11.9 Å². The van der Waals surface area contributed by atoms with E-state index in [1.807, 2.05) is 0 Å². The average Bonchev–Trinajstić information content (AvgIpc) is 3.20. The zero-order valence-electron chi connectivity index (χ0n) is 16.3.